The van der Waals surface area contributed by atoms with E-state index in [9.17, 15) is 4.55 Å². The highest BCUT2D eigenvalue weighted by molar-refractivity contribution is 7.91. The summed E-state index contributed by atoms with van der Waals surface area (Å²) in [5.74, 6) is 1.90. The van der Waals surface area contributed by atoms with Gasteiger partial charge in [0.2, 0.25) is 0 Å². The van der Waals surface area contributed by atoms with E-state index in [-0.39, 0.29) is 10.2 Å². The molecule has 0 bridgehead atoms. The minimum Gasteiger partial charge on any atom is -0.591 e. The third-order valence-corrected chi connectivity index (χ3v) is 4.85. The Kier molecular flexibility index (Phi) is 2.67. The van der Waals surface area contributed by atoms with Gasteiger partial charge in [0.25, 0.3) is 0 Å². The summed E-state index contributed by atoms with van der Waals surface area (Å²) in [6.07, 6.45) is 5.90. The van der Waals surface area contributed by atoms with Crippen LogP contribution in [0.5, 0.6) is 0 Å². The molecule has 0 aromatic heterocycles. The second-order valence-electron chi connectivity index (χ2n) is 6.41. The van der Waals surface area contributed by atoms with Crippen LogP contribution in [0.25, 0.3) is 0 Å². The van der Waals surface area contributed by atoms with E-state index >= 15 is 0 Å². The minimum absolute atomic E-state index is 0.228. The lowest BCUT2D eigenvalue weighted by atomic mass is 9.87. The highest BCUT2D eigenvalue weighted by Gasteiger charge is 2.51. The molecule has 3 atom stereocenters. The van der Waals surface area contributed by atoms with Crippen LogP contribution >= 0.6 is 0 Å². The van der Waals surface area contributed by atoms with Crippen LogP contribution in [0.1, 0.15) is 47.0 Å². The second-order valence-corrected chi connectivity index (χ2v) is 8.35. The standard InChI is InChI=1S/C12H21NOS/c1-11(2,3)15(14)13-8-12(4)6-9-5-10(9)7-12/h8-10H,5-7H2,1-4H3/t9-,10-,15?/m1/s1. The molecule has 2 saturated carbocycles. The number of nitrogens with zero attached hydrogens (tertiary/aromatic N) is 1. The molecule has 2 aliphatic carbocycles. The van der Waals surface area contributed by atoms with Gasteiger partial charge in [-0.15, -0.1) is 0 Å². The summed E-state index contributed by atoms with van der Waals surface area (Å²) < 4.78 is 15.8. The van der Waals surface area contributed by atoms with E-state index in [2.05, 4.69) is 11.3 Å². The molecule has 2 fully saturated rings. The van der Waals surface area contributed by atoms with Crippen molar-refractivity contribution in [3.05, 3.63) is 0 Å². The summed E-state index contributed by atoms with van der Waals surface area (Å²) >= 11 is -1.09. The van der Waals surface area contributed by atoms with Crippen molar-refractivity contribution in [3.63, 3.8) is 0 Å². The molecule has 2 rings (SSSR count). The third-order valence-electron chi connectivity index (χ3n) is 3.51. The predicted molar refractivity (Wildman–Crippen MR) is 65.3 cm³/mol. The first-order valence-corrected chi connectivity index (χ1v) is 6.88. The average Bonchev–Trinajstić information content (AvgIpc) is 2.70. The molecular weight excluding hydrogens is 206 g/mol. The van der Waals surface area contributed by atoms with Gasteiger partial charge in [-0.05, 0) is 51.9 Å². The molecule has 0 aliphatic heterocycles. The lowest BCUT2D eigenvalue weighted by Gasteiger charge is -2.22. The summed E-state index contributed by atoms with van der Waals surface area (Å²) in [5, 5.41) is 0. The lowest BCUT2D eigenvalue weighted by Crippen LogP contribution is -2.27. The van der Waals surface area contributed by atoms with Gasteiger partial charge in [0.15, 0.2) is 0 Å². The Labute approximate surface area is 95.9 Å². The lowest BCUT2D eigenvalue weighted by molar-refractivity contribution is 0.441. The number of hydrogen-bond acceptors (Lipinski definition) is 2. The van der Waals surface area contributed by atoms with E-state index in [0.29, 0.717) is 0 Å². The van der Waals surface area contributed by atoms with Crippen LogP contribution in [0.3, 0.4) is 0 Å². The first-order chi connectivity index (χ1) is 6.80. The highest BCUT2D eigenvalue weighted by atomic mass is 32.2. The van der Waals surface area contributed by atoms with Crippen molar-refractivity contribution in [2.75, 3.05) is 0 Å². The SMILES string of the molecule is CC1(C=N[S+]([O-])C(C)(C)C)C[C@H]2C[C@@H]2C1. The Hall–Kier alpha value is -0.0200. The van der Waals surface area contributed by atoms with Gasteiger partial charge in [-0.3, -0.25) is 0 Å². The molecule has 2 aliphatic rings. The molecule has 0 aromatic carbocycles. The number of hydrogen-bond donors (Lipinski definition) is 0. The van der Waals surface area contributed by atoms with Gasteiger partial charge in [0.05, 0.1) is 6.21 Å². The van der Waals surface area contributed by atoms with Crippen molar-refractivity contribution in [1.29, 1.82) is 0 Å². The number of fused-ring (bicyclic) bond motifs is 1. The maximum atomic E-state index is 11.8. The zero-order valence-corrected chi connectivity index (χ0v) is 10.9. The van der Waals surface area contributed by atoms with Gasteiger partial charge >= 0.3 is 0 Å². The van der Waals surface area contributed by atoms with Gasteiger partial charge < -0.3 is 4.55 Å². The molecule has 86 valence electrons. The van der Waals surface area contributed by atoms with Crippen LogP contribution < -0.4 is 0 Å². The number of rotatable bonds is 2. The van der Waals surface area contributed by atoms with Crippen molar-refractivity contribution in [2.24, 2.45) is 21.6 Å². The summed E-state index contributed by atoms with van der Waals surface area (Å²) in [4.78, 5) is 0. The molecule has 0 amide bonds. The monoisotopic (exact) mass is 227 g/mol. The fourth-order valence-electron chi connectivity index (χ4n) is 2.53. The first-order valence-electron chi connectivity index (χ1n) is 5.77. The Morgan fingerprint density at radius 2 is 1.87 bits per heavy atom. The van der Waals surface area contributed by atoms with Crippen LogP contribution in [0.2, 0.25) is 0 Å². The predicted octanol–water partition coefficient (Wildman–Crippen LogP) is 2.96. The minimum atomic E-state index is -1.09. The molecule has 0 heterocycles. The zero-order valence-electron chi connectivity index (χ0n) is 10.1. The van der Waals surface area contributed by atoms with E-state index in [1.54, 1.807) is 0 Å². The van der Waals surface area contributed by atoms with Crippen LogP contribution in [0.4, 0.5) is 0 Å². The maximum absolute atomic E-state index is 11.8. The largest absolute Gasteiger partial charge is 0.591 e. The molecule has 3 heteroatoms. The van der Waals surface area contributed by atoms with Crippen molar-refractivity contribution in [2.45, 2.75) is 51.7 Å². The van der Waals surface area contributed by atoms with Crippen molar-refractivity contribution < 1.29 is 4.55 Å². The van der Waals surface area contributed by atoms with E-state index in [0.717, 1.165) is 11.8 Å². The van der Waals surface area contributed by atoms with E-state index in [4.69, 9.17) is 0 Å². The van der Waals surface area contributed by atoms with Gasteiger partial charge in [-0.2, -0.15) is 0 Å². The normalized spacial score (nSPS) is 35.5. The van der Waals surface area contributed by atoms with Crippen molar-refractivity contribution >= 4 is 17.6 Å². The summed E-state index contributed by atoms with van der Waals surface area (Å²) in [6, 6.07) is 0. The molecule has 0 aromatic rings. The maximum Gasteiger partial charge on any atom is 0.144 e. The molecule has 0 radical (unpaired) electrons. The summed E-state index contributed by atoms with van der Waals surface area (Å²) in [6.45, 7) is 8.15. The highest BCUT2D eigenvalue weighted by Crippen LogP contribution is 2.59. The topological polar surface area (TPSA) is 35.4 Å². The second kappa shape index (κ2) is 3.49. The fourth-order valence-corrected chi connectivity index (χ4v) is 3.20. The quantitative estimate of drug-likeness (QED) is 0.527. The molecule has 1 unspecified atom stereocenters. The van der Waals surface area contributed by atoms with Gasteiger partial charge in [-0.25, -0.2) is 0 Å². The smallest absolute Gasteiger partial charge is 0.144 e. The Morgan fingerprint density at radius 3 is 2.33 bits per heavy atom. The van der Waals surface area contributed by atoms with Gasteiger partial charge in [0.1, 0.15) is 16.1 Å². The van der Waals surface area contributed by atoms with E-state index < -0.39 is 11.4 Å². The fraction of sp³-hybridized carbons (Fsp3) is 0.917. The van der Waals surface area contributed by atoms with E-state index in [1.165, 1.54) is 19.3 Å². The average molecular weight is 227 g/mol. The Bertz CT molecular complexity index is 272. The summed E-state index contributed by atoms with van der Waals surface area (Å²) in [5.41, 5.74) is 0.231. The molecule has 0 saturated heterocycles. The molecule has 0 spiro atoms. The summed E-state index contributed by atoms with van der Waals surface area (Å²) in [7, 11) is 0. The van der Waals surface area contributed by atoms with Crippen LogP contribution in [-0.4, -0.2) is 15.5 Å². The van der Waals surface area contributed by atoms with Crippen molar-refractivity contribution in [1.82, 2.24) is 0 Å². The van der Waals surface area contributed by atoms with E-state index in [1.807, 2.05) is 27.0 Å². The van der Waals surface area contributed by atoms with Crippen LogP contribution in [-0.2, 0) is 11.4 Å². The van der Waals surface area contributed by atoms with Crippen LogP contribution in [0, 0.1) is 17.3 Å². The zero-order chi connectivity index (χ0) is 11.3. The molecule has 0 N–H and O–H groups in total. The molecule has 15 heavy (non-hydrogen) atoms. The van der Waals surface area contributed by atoms with Gasteiger partial charge in [-0.1, -0.05) is 11.3 Å². The molecule has 2 nitrogen and oxygen atoms in total. The van der Waals surface area contributed by atoms with Crippen LogP contribution in [0.15, 0.2) is 4.40 Å². The first kappa shape index (κ1) is 11.5. The Morgan fingerprint density at radius 1 is 1.33 bits per heavy atom. The Balaban J connectivity index is 1.93. The molecular formula is C12H21NOS. The van der Waals surface area contributed by atoms with Crippen molar-refractivity contribution in [3.8, 4) is 0 Å². The van der Waals surface area contributed by atoms with Gasteiger partial charge in [0, 0.05) is 5.41 Å². The third kappa shape index (κ3) is 2.56.